The summed E-state index contributed by atoms with van der Waals surface area (Å²) in [5, 5.41) is 7.78. The van der Waals surface area contributed by atoms with Gasteiger partial charge in [-0.05, 0) is 31.5 Å². The van der Waals surface area contributed by atoms with Gasteiger partial charge in [0.1, 0.15) is 0 Å². The second kappa shape index (κ2) is 6.54. The van der Waals surface area contributed by atoms with Crippen LogP contribution in [0.4, 0.5) is 0 Å². The van der Waals surface area contributed by atoms with Crippen LogP contribution >= 0.6 is 0 Å². The van der Waals surface area contributed by atoms with Gasteiger partial charge in [0.25, 0.3) is 5.56 Å². The Hall–Kier alpha value is -2.71. The number of fused-ring (bicyclic) bond motifs is 1. The van der Waals surface area contributed by atoms with E-state index in [4.69, 9.17) is 0 Å². The van der Waals surface area contributed by atoms with Crippen molar-refractivity contribution in [2.24, 2.45) is 0 Å². The van der Waals surface area contributed by atoms with Gasteiger partial charge in [-0.2, -0.15) is 5.10 Å². The Balaban J connectivity index is 1.72. The number of hydrogen-bond acceptors (Lipinski definition) is 5. The van der Waals surface area contributed by atoms with Gasteiger partial charge < -0.3 is 5.32 Å². The molecule has 26 heavy (non-hydrogen) atoms. The zero-order chi connectivity index (χ0) is 18.3. The molecule has 3 aromatic heterocycles. The first-order valence-corrected chi connectivity index (χ1v) is 8.76. The summed E-state index contributed by atoms with van der Waals surface area (Å²) in [7, 11) is 0. The standard InChI is InChI=1S/C18H22N6O2/c1-12-9-23(18(26)21-17(12)25)16-8-20-24-5-3-14(7-15(16)24)11-22-6-4-19-13(2)10-22/h3,5,7-9,13,19H,4,6,10-11H2,1-2H3,(H,21,25,26)/t13-/m0/s1. The maximum absolute atomic E-state index is 12.2. The van der Waals surface area contributed by atoms with Crippen LogP contribution in [0.25, 0.3) is 11.2 Å². The van der Waals surface area contributed by atoms with E-state index >= 15 is 0 Å². The molecule has 8 nitrogen and oxygen atoms in total. The molecule has 4 heterocycles. The fraction of sp³-hybridized carbons (Fsp3) is 0.389. The van der Waals surface area contributed by atoms with E-state index in [2.05, 4.69) is 39.4 Å². The SMILES string of the molecule is Cc1cn(-c2cnn3ccc(CN4CCN[C@@H](C)C4)cc23)c(=O)[nH]c1=O. The summed E-state index contributed by atoms with van der Waals surface area (Å²) in [6.07, 6.45) is 5.11. The molecular weight excluding hydrogens is 332 g/mol. The van der Waals surface area contributed by atoms with Crippen molar-refractivity contribution in [3.63, 3.8) is 0 Å². The van der Waals surface area contributed by atoms with Crippen molar-refractivity contribution in [1.29, 1.82) is 0 Å². The van der Waals surface area contributed by atoms with E-state index in [0.717, 1.165) is 31.7 Å². The topological polar surface area (TPSA) is 87.4 Å². The predicted octanol–water partition coefficient (Wildman–Crippen LogP) is 0.276. The average molecular weight is 354 g/mol. The maximum Gasteiger partial charge on any atom is 0.333 e. The molecule has 4 rings (SSSR count). The van der Waals surface area contributed by atoms with Gasteiger partial charge in [-0.15, -0.1) is 0 Å². The van der Waals surface area contributed by atoms with Crippen LogP contribution in [0.5, 0.6) is 0 Å². The van der Waals surface area contributed by atoms with Crippen molar-refractivity contribution >= 4 is 5.52 Å². The first-order valence-electron chi connectivity index (χ1n) is 8.76. The Morgan fingerprint density at radius 1 is 1.35 bits per heavy atom. The molecule has 0 spiro atoms. The van der Waals surface area contributed by atoms with Gasteiger partial charge in [0.2, 0.25) is 0 Å². The van der Waals surface area contributed by atoms with Crippen LogP contribution in [0.1, 0.15) is 18.1 Å². The minimum absolute atomic E-state index is 0.365. The summed E-state index contributed by atoms with van der Waals surface area (Å²) in [6.45, 7) is 7.74. The Kier molecular flexibility index (Phi) is 4.21. The van der Waals surface area contributed by atoms with Crippen LogP contribution in [-0.4, -0.2) is 49.7 Å². The van der Waals surface area contributed by atoms with Crippen molar-refractivity contribution in [1.82, 2.24) is 29.4 Å². The largest absolute Gasteiger partial charge is 0.333 e. The van der Waals surface area contributed by atoms with Crippen LogP contribution in [0.3, 0.4) is 0 Å². The van der Waals surface area contributed by atoms with Gasteiger partial charge in [-0.3, -0.25) is 19.2 Å². The number of pyridine rings is 1. The van der Waals surface area contributed by atoms with Gasteiger partial charge >= 0.3 is 5.69 Å². The molecule has 8 heteroatoms. The van der Waals surface area contributed by atoms with Crippen molar-refractivity contribution in [3.8, 4) is 5.69 Å². The third-order valence-electron chi connectivity index (χ3n) is 4.80. The summed E-state index contributed by atoms with van der Waals surface area (Å²) in [6, 6.07) is 4.60. The molecule has 0 radical (unpaired) electrons. The Bertz CT molecular complexity index is 1060. The molecule has 1 atom stereocenters. The van der Waals surface area contributed by atoms with Gasteiger partial charge in [-0.1, -0.05) is 0 Å². The molecule has 0 amide bonds. The predicted molar refractivity (Wildman–Crippen MR) is 98.9 cm³/mol. The molecule has 1 fully saturated rings. The molecule has 0 unspecified atom stereocenters. The molecule has 1 aliphatic heterocycles. The fourth-order valence-electron chi connectivity index (χ4n) is 3.46. The number of nitrogens with one attached hydrogen (secondary N) is 2. The highest BCUT2D eigenvalue weighted by Gasteiger charge is 2.16. The average Bonchev–Trinajstić information content (AvgIpc) is 3.01. The van der Waals surface area contributed by atoms with Gasteiger partial charge in [0.15, 0.2) is 0 Å². The second-order valence-corrected chi connectivity index (χ2v) is 6.93. The molecule has 136 valence electrons. The van der Waals surface area contributed by atoms with E-state index in [1.165, 1.54) is 10.1 Å². The maximum atomic E-state index is 12.2. The Morgan fingerprint density at radius 2 is 2.19 bits per heavy atom. The molecule has 1 aliphatic rings. The lowest BCUT2D eigenvalue weighted by molar-refractivity contribution is 0.199. The van der Waals surface area contributed by atoms with Crippen LogP contribution in [0, 0.1) is 6.92 Å². The minimum atomic E-state index is -0.461. The molecule has 0 saturated carbocycles. The highest BCUT2D eigenvalue weighted by atomic mass is 16.2. The Morgan fingerprint density at radius 3 is 3.00 bits per heavy atom. The number of H-pyrrole nitrogens is 1. The quantitative estimate of drug-likeness (QED) is 0.705. The summed E-state index contributed by atoms with van der Waals surface area (Å²) in [4.78, 5) is 28.6. The lowest BCUT2D eigenvalue weighted by Gasteiger charge is -2.31. The number of aromatic nitrogens is 4. The molecule has 0 aromatic carbocycles. The molecule has 2 N–H and O–H groups in total. The monoisotopic (exact) mass is 354 g/mol. The van der Waals surface area contributed by atoms with Gasteiger partial charge in [0, 0.05) is 50.2 Å². The van der Waals surface area contributed by atoms with E-state index in [0.29, 0.717) is 17.3 Å². The number of rotatable bonds is 3. The molecule has 0 bridgehead atoms. The summed E-state index contributed by atoms with van der Waals surface area (Å²) in [5.74, 6) is 0. The van der Waals surface area contributed by atoms with E-state index in [1.807, 2.05) is 6.20 Å². The van der Waals surface area contributed by atoms with Crippen LogP contribution in [-0.2, 0) is 6.54 Å². The van der Waals surface area contributed by atoms with E-state index in [1.54, 1.807) is 23.8 Å². The highest BCUT2D eigenvalue weighted by Crippen LogP contribution is 2.17. The van der Waals surface area contributed by atoms with Crippen molar-refractivity contribution < 1.29 is 0 Å². The van der Waals surface area contributed by atoms with Crippen LogP contribution in [0.2, 0.25) is 0 Å². The fourth-order valence-corrected chi connectivity index (χ4v) is 3.46. The number of hydrogen-bond donors (Lipinski definition) is 2. The van der Waals surface area contributed by atoms with E-state index in [-0.39, 0.29) is 5.56 Å². The molecule has 1 saturated heterocycles. The van der Waals surface area contributed by atoms with Crippen molar-refractivity contribution in [2.75, 3.05) is 19.6 Å². The molecule has 3 aromatic rings. The lowest BCUT2D eigenvalue weighted by Crippen LogP contribution is -2.48. The first kappa shape index (κ1) is 16.7. The van der Waals surface area contributed by atoms with Crippen LogP contribution in [0.15, 0.2) is 40.3 Å². The normalized spacial score (nSPS) is 18.5. The summed E-state index contributed by atoms with van der Waals surface area (Å²) in [5.41, 5.74) is 2.31. The van der Waals surface area contributed by atoms with Crippen molar-refractivity contribution in [3.05, 3.63) is 62.7 Å². The van der Waals surface area contributed by atoms with Crippen molar-refractivity contribution in [2.45, 2.75) is 26.4 Å². The molecular formula is C18H22N6O2. The number of piperazine rings is 1. The number of aromatic amines is 1. The van der Waals surface area contributed by atoms with E-state index in [9.17, 15) is 9.59 Å². The third-order valence-corrected chi connectivity index (χ3v) is 4.80. The summed E-state index contributed by atoms with van der Waals surface area (Å²) >= 11 is 0. The van der Waals surface area contributed by atoms with E-state index < -0.39 is 5.69 Å². The highest BCUT2D eigenvalue weighted by molar-refractivity contribution is 5.64. The second-order valence-electron chi connectivity index (χ2n) is 6.93. The summed E-state index contributed by atoms with van der Waals surface area (Å²) < 4.78 is 3.18. The Labute approximate surface area is 150 Å². The van der Waals surface area contributed by atoms with Gasteiger partial charge in [-0.25, -0.2) is 9.31 Å². The first-order chi connectivity index (χ1) is 12.5. The lowest BCUT2D eigenvalue weighted by atomic mass is 10.2. The number of nitrogens with zero attached hydrogens (tertiary/aromatic N) is 4. The zero-order valence-corrected chi connectivity index (χ0v) is 14.9. The van der Waals surface area contributed by atoms with Crippen LogP contribution < -0.4 is 16.6 Å². The zero-order valence-electron chi connectivity index (χ0n) is 14.9. The van der Waals surface area contributed by atoms with Gasteiger partial charge in [0.05, 0.1) is 17.4 Å². The number of aryl methyl sites for hydroxylation is 1. The smallest absolute Gasteiger partial charge is 0.312 e. The minimum Gasteiger partial charge on any atom is -0.312 e. The molecule has 0 aliphatic carbocycles. The third kappa shape index (κ3) is 3.09.